The van der Waals surface area contributed by atoms with Gasteiger partial charge in [-0.2, -0.15) is 0 Å². The fourth-order valence-electron chi connectivity index (χ4n) is 2.57. The molecule has 0 saturated heterocycles. The zero-order valence-electron chi connectivity index (χ0n) is 17.8. The van der Waals surface area contributed by atoms with Crippen molar-refractivity contribution in [3.8, 4) is 0 Å². The number of unbranched alkanes of at least 4 members (excludes halogenated alkanes) is 1. The molecule has 14 heteroatoms. The number of amides is 3. The molecule has 0 unspecified atom stereocenters. The Morgan fingerprint density at radius 1 is 0.875 bits per heavy atom. The van der Waals surface area contributed by atoms with Gasteiger partial charge >= 0.3 is 11.9 Å². The summed E-state index contributed by atoms with van der Waals surface area (Å²) >= 11 is 0. The normalized spacial score (nSPS) is 15.5. The standard InChI is InChI=1S/C18H33N5O9/c1-9(25)14(18(31)32)23-17(30)12(5-6-13(26)27)22-16(29)11(4-2-3-7-19)21-15(28)10(20)8-24/h9-12,14,24-25H,2-8,19-20H2,1H3,(H,21,28)(H,22,29)(H,23,30)(H,26,27)(H,31,32)/t9-,10+,11+,12+,14+/m1/s1. The number of carbonyl (C=O) groups is 5. The molecule has 0 saturated carbocycles. The fraction of sp³-hybridized carbons (Fsp3) is 0.722. The largest absolute Gasteiger partial charge is 0.481 e. The monoisotopic (exact) mass is 463 g/mol. The lowest BCUT2D eigenvalue weighted by Crippen LogP contribution is -2.58. The number of hydrogen-bond donors (Lipinski definition) is 9. The van der Waals surface area contributed by atoms with E-state index in [1.165, 1.54) is 0 Å². The highest BCUT2D eigenvalue weighted by Crippen LogP contribution is 2.06. The molecule has 0 aromatic carbocycles. The molecule has 0 radical (unpaired) electrons. The van der Waals surface area contributed by atoms with E-state index in [1.807, 2.05) is 0 Å². The van der Waals surface area contributed by atoms with Gasteiger partial charge in [0, 0.05) is 6.42 Å². The van der Waals surface area contributed by atoms with Crippen molar-refractivity contribution >= 4 is 29.7 Å². The second-order valence-corrected chi connectivity index (χ2v) is 7.19. The minimum absolute atomic E-state index is 0.117. The van der Waals surface area contributed by atoms with Gasteiger partial charge in [0.15, 0.2) is 6.04 Å². The summed E-state index contributed by atoms with van der Waals surface area (Å²) in [5.74, 6) is -5.46. The highest BCUT2D eigenvalue weighted by molar-refractivity contribution is 5.94. The van der Waals surface area contributed by atoms with E-state index in [1.54, 1.807) is 0 Å². The summed E-state index contributed by atoms with van der Waals surface area (Å²) < 4.78 is 0. The molecule has 0 rings (SSSR count). The van der Waals surface area contributed by atoms with Gasteiger partial charge in [0.1, 0.15) is 18.1 Å². The lowest BCUT2D eigenvalue weighted by Gasteiger charge is -2.25. The summed E-state index contributed by atoms with van der Waals surface area (Å²) in [6.45, 7) is 0.803. The summed E-state index contributed by atoms with van der Waals surface area (Å²) in [6, 6.07) is -5.60. The number of carbonyl (C=O) groups excluding carboxylic acids is 3. The van der Waals surface area contributed by atoms with E-state index >= 15 is 0 Å². The van der Waals surface area contributed by atoms with Crippen LogP contribution in [0.2, 0.25) is 0 Å². The van der Waals surface area contributed by atoms with E-state index in [4.69, 9.17) is 26.8 Å². The Kier molecular flexibility index (Phi) is 13.7. The Balaban J connectivity index is 5.50. The first-order valence-electron chi connectivity index (χ1n) is 10.0. The van der Waals surface area contributed by atoms with Gasteiger partial charge < -0.3 is 47.8 Å². The SMILES string of the molecule is C[C@@H](O)[C@H](NC(=O)[C@H](CCC(=O)O)NC(=O)[C@H](CCCCN)NC(=O)[C@@H](N)CO)C(=O)O. The highest BCUT2D eigenvalue weighted by Gasteiger charge is 2.32. The molecule has 11 N–H and O–H groups in total. The first-order valence-corrected chi connectivity index (χ1v) is 10.0. The van der Waals surface area contributed by atoms with Crippen LogP contribution in [0.4, 0.5) is 0 Å². The van der Waals surface area contributed by atoms with E-state index in [2.05, 4.69) is 16.0 Å². The van der Waals surface area contributed by atoms with Gasteiger partial charge in [-0.25, -0.2) is 4.79 Å². The van der Waals surface area contributed by atoms with Gasteiger partial charge in [0.25, 0.3) is 0 Å². The number of aliphatic hydroxyl groups is 2. The average Bonchev–Trinajstić information content (AvgIpc) is 2.72. The third-order valence-corrected chi connectivity index (χ3v) is 4.44. The number of carboxylic acid groups (broad SMARTS) is 2. The first kappa shape index (κ1) is 29.2. The summed E-state index contributed by atoms with van der Waals surface area (Å²) in [7, 11) is 0. The maximum absolute atomic E-state index is 12.7. The third kappa shape index (κ3) is 11.0. The van der Waals surface area contributed by atoms with Crippen LogP contribution in [0.1, 0.15) is 39.0 Å². The molecule has 0 spiro atoms. The maximum atomic E-state index is 12.7. The zero-order valence-corrected chi connectivity index (χ0v) is 17.8. The predicted molar refractivity (Wildman–Crippen MR) is 110 cm³/mol. The summed E-state index contributed by atoms with van der Waals surface area (Å²) in [4.78, 5) is 59.4. The topological polar surface area (TPSA) is 254 Å². The summed E-state index contributed by atoms with van der Waals surface area (Å²) in [5.41, 5.74) is 10.9. The van der Waals surface area contributed by atoms with Crippen molar-refractivity contribution in [1.29, 1.82) is 0 Å². The molecule has 5 atom stereocenters. The Morgan fingerprint density at radius 2 is 1.41 bits per heavy atom. The number of nitrogens with two attached hydrogens (primary N) is 2. The lowest BCUT2D eigenvalue weighted by atomic mass is 10.0. The molecule has 0 heterocycles. The van der Waals surface area contributed by atoms with Crippen molar-refractivity contribution < 1.29 is 44.4 Å². The van der Waals surface area contributed by atoms with Crippen molar-refractivity contribution in [1.82, 2.24) is 16.0 Å². The summed E-state index contributed by atoms with van der Waals surface area (Å²) in [5, 5.41) is 43.3. The molecule has 3 amide bonds. The molecule has 0 aromatic heterocycles. The molecule has 14 nitrogen and oxygen atoms in total. The second kappa shape index (κ2) is 15.1. The van der Waals surface area contributed by atoms with Crippen LogP contribution in [0.25, 0.3) is 0 Å². The number of aliphatic hydroxyl groups excluding tert-OH is 2. The molecular weight excluding hydrogens is 430 g/mol. The smallest absolute Gasteiger partial charge is 0.328 e. The molecule has 0 fully saturated rings. The van der Waals surface area contributed by atoms with Gasteiger partial charge in [-0.15, -0.1) is 0 Å². The van der Waals surface area contributed by atoms with Crippen LogP contribution >= 0.6 is 0 Å². The number of carboxylic acids is 2. The van der Waals surface area contributed by atoms with Gasteiger partial charge in [-0.1, -0.05) is 0 Å². The van der Waals surface area contributed by atoms with Gasteiger partial charge in [-0.3, -0.25) is 19.2 Å². The Labute approximate surface area is 184 Å². The molecule has 0 aliphatic carbocycles. The Hall–Kier alpha value is -2.81. The van der Waals surface area contributed by atoms with E-state index in [0.29, 0.717) is 19.4 Å². The fourth-order valence-corrected chi connectivity index (χ4v) is 2.57. The summed E-state index contributed by atoms with van der Waals surface area (Å²) in [6.07, 6.45) is -1.29. The van der Waals surface area contributed by atoms with E-state index in [9.17, 15) is 29.1 Å². The maximum Gasteiger partial charge on any atom is 0.328 e. The second-order valence-electron chi connectivity index (χ2n) is 7.19. The molecule has 184 valence electrons. The predicted octanol–water partition coefficient (Wildman–Crippen LogP) is -3.78. The van der Waals surface area contributed by atoms with Crippen LogP contribution in [0, 0.1) is 0 Å². The molecule has 32 heavy (non-hydrogen) atoms. The Bertz CT molecular complexity index is 659. The van der Waals surface area contributed by atoms with Crippen molar-refractivity contribution in [2.24, 2.45) is 11.5 Å². The van der Waals surface area contributed by atoms with Crippen LogP contribution in [0.15, 0.2) is 0 Å². The van der Waals surface area contributed by atoms with Gasteiger partial charge in [0.05, 0.1) is 12.7 Å². The molecular formula is C18H33N5O9. The van der Waals surface area contributed by atoms with Gasteiger partial charge in [-0.05, 0) is 39.2 Å². The number of rotatable bonds is 16. The number of nitrogens with one attached hydrogen (secondary N) is 3. The lowest BCUT2D eigenvalue weighted by molar-refractivity contribution is -0.145. The minimum Gasteiger partial charge on any atom is -0.481 e. The van der Waals surface area contributed by atoms with E-state index < -0.39 is 73.0 Å². The van der Waals surface area contributed by atoms with Crippen molar-refractivity contribution in [2.45, 2.75) is 69.3 Å². The first-order chi connectivity index (χ1) is 14.9. The van der Waals surface area contributed by atoms with Gasteiger partial charge in [0.2, 0.25) is 17.7 Å². The molecule has 0 aromatic rings. The molecule has 0 bridgehead atoms. The zero-order chi connectivity index (χ0) is 24.8. The average molecular weight is 463 g/mol. The van der Waals surface area contributed by atoms with Crippen LogP contribution in [-0.2, 0) is 24.0 Å². The number of aliphatic carboxylic acids is 2. The van der Waals surface area contributed by atoms with Crippen LogP contribution in [0.5, 0.6) is 0 Å². The number of hydrogen-bond acceptors (Lipinski definition) is 9. The van der Waals surface area contributed by atoms with Crippen LogP contribution in [0.3, 0.4) is 0 Å². The molecule has 0 aliphatic heterocycles. The van der Waals surface area contributed by atoms with Crippen LogP contribution in [-0.4, -0.2) is 93.5 Å². The third-order valence-electron chi connectivity index (χ3n) is 4.44. The van der Waals surface area contributed by atoms with E-state index in [0.717, 1.165) is 6.92 Å². The minimum atomic E-state index is -1.69. The van der Waals surface area contributed by atoms with Crippen molar-refractivity contribution in [2.75, 3.05) is 13.2 Å². The van der Waals surface area contributed by atoms with E-state index in [-0.39, 0.29) is 12.8 Å². The Morgan fingerprint density at radius 3 is 1.88 bits per heavy atom. The molecule has 0 aliphatic rings. The van der Waals surface area contributed by atoms with Crippen LogP contribution < -0.4 is 27.4 Å². The van der Waals surface area contributed by atoms with Crippen molar-refractivity contribution in [3.05, 3.63) is 0 Å². The highest BCUT2D eigenvalue weighted by atomic mass is 16.4. The quantitative estimate of drug-likeness (QED) is 0.100. The van der Waals surface area contributed by atoms with Crippen molar-refractivity contribution in [3.63, 3.8) is 0 Å².